The fourth-order valence-corrected chi connectivity index (χ4v) is 2.67. The molecule has 15 heavy (non-hydrogen) atoms. The maximum absolute atomic E-state index is 5.95. The molecule has 0 aromatic carbocycles. The number of aromatic nitrogens is 2. The van der Waals surface area contributed by atoms with Crippen LogP contribution in [0, 0.1) is 5.92 Å². The van der Waals surface area contributed by atoms with Crippen LogP contribution < -0.4 is 4.90 Å². The molecule has 2 rings (SSSR count). The van der Waals surface area contributed by atoms with Gasteiger partial charge in [0.1, 0.15) is 0 Å². The molecule has 2 heterocycles. The largest absolute Gasteiger partial charge is 0.379 e. The maximum atomic E-state index is 5.95. The highest BCUT2D eigenvalue weighted by Crippen LogP contribution is 2.28. The van der Waals surface area contributed by atoms with Gasteiger partial charge in [-0.15, -0.1) is 0 Å². The molecule has 1 aliphatic heterocycles. The van der Waals surface area contributed by atoms with Crippen molar-refractivity contribution in [3.63, 3.8) is 0 Å². The molecular weight excluding hydrogens is 234 g/mol. The molecule has 2 atom stereocenters. The quantitative estimate of drug-likeness (QED) is 0.802. The van der Waals surface area contributed by atoms with Crippen LogP contribution in [-0.2, 0) is 4.74 Å². The number of halogens is 1. The van der Waals surface area contributed by atoms with Gasteiger partial charge in [0.2, 0.25) is 0 Å². The topological polar surface area (TPSA) is 38.2 Å². The number of hydrogen-bond acceptors (Lipinski definition) is 5. The summed E-state index contributed by atoms with van der Waals surface area (Å²) in [6.45, 7) is 4.04. The standard InChI is InChI=1S/C9H14ClN3OS/c1-6-3-4-13(5-7(6)14-2)9-8(10)11-15-12-9/h6-7H,3-5H2,1-2H3. The predicted molar refractivity (Wildman–Crippen MR) is 61.7 cm³/mol. The van der Waals surface area contributed by atoms with E-state index in [1.807, 2.05) is 0 Å². The van der Waals surface area contributed by atoms with E-state index < -0.39 is 0 Å². The number of anilines is 1. The summed E-state index contributed by atoms with van der Waals surface area (Å²) in [4.78, 5) is 2.15. The minimum atomic E-state index is 0.261. The molecule has 6 heteroatoms. The average Bonchev–Trinajstić information content (AvgIpc) is 2.65. The van der Waals surface area contributed by atoms with Gasteiger partial charge in [0.25, 0.3) is 0 Å². The summed E-state index contributed by atoms with van der Waals surface area (Å²) in [6, 6.07) is 0. The van der Waals surface area contributed by atoms with Gasteiger partial charge in [0.05, 0.1) is 17.8 Å². The number of rotatable bonds is 2. The Balaban J connectivity index is 2.09. The average molecular weight is 248 g/mol. The van der Waals surface area contributed by atoms with Gasteiger partial charge in [-0.3, -0.25) is 0 Å². The van der Waals surface area contributed by atoms with Crippen LogP contribution in [0.1, 0.15) is 13.3 Å². The van der Waals surface area contributed by atoms with E-state index in [2.05, 4.69) is 20.6 Å². The number of ether oxygens (including phenoxy) is 1. The Morgan fingerprint density at radius 3 is 2.93 bits per heavy atom. The molecule has 0 amide bonds. The molecule has 1 aromatic rings. The summed E-state index contributed by atoms with van der Waals surface area (Å²) in [5, 5.41) is 0.504. The van der Waals surface area contributed by atoms with Crippen LogP contribution >= 0.6 is 23.3 Å². The van der Waals surface area contributed by atoms with Crippen LogP contribution in [-0.4, -0.2) is 35.1 Å². The third-order valence-corrected chi connectivity index (χ3v) is 3.80. The third-order valence-electron chi connectivity index (χ3n) is 2.92. The van der Waals surface area contributed by atoms with Crippen molar-refractivity contribution in [1.29, 1.82) is 0 Å². The van der Waals surface area contributed by atoms with Crippen molar-refractivity contribution >= 4 is 29.1 Å². The highest BCUT2D eigenvalue weighted by Gasteiger charge is 2.28. The van der Waals surface area contributed by atoms with E-state index in [1.165, 1.54) is 0 Å². The first-order chi connectivity index (χ1) is 7.22. The number of hydrogen-bond donors (Lipinski definition) is 0. The van der Waals surface area contributed by atoms with Gasteiger partial charge in [-0.2, -0.15) is 8.75 Å². The molecule has 0 aliphatic carbocycles. The van der Waals surface area contributed by atoms with Gasteiger partial charge in [-0.05, 0) is 12.3 Å². The monoisotopic (exact) mass is 247 g/mol. The van der Waals surface area contributed by atoms with Gasteiger partial charge < -0.3 is 9.64 Å². The van der Waals surface area contributed by atoms with Gasteiger partial charge in [0.15, 0.2) is 11.0 Å². The zero-order chi connectivity index (χ0) is 10.8. The van der Waals surface area contributed by atoms with Crippen molar-refractivity contribution < 1.29 is 4.74 Å². The van der Waals surface area contributed by atoms with Crippen LogP contribution in [0.5, 0.6) is 0 Å². The Bertz CT molecular complexity index is 333. The maximum Gasteiger partial charge on any atom is 0.187 e. The zero-order valence-electron chi connectivity index (χ0n) is 8.81. The van der Waals surface area contributed by atoms with Gasteiger partial charge in [-0.25, -0.2) is 0 Å². The molecule has 0 spiro atoms. The molecule has 0 N–H and O–H groups in total. The van der Waals surface area contributed by atoms with E-state index in [9.17, 15) is 0 Å². The predicted octanol–water partition coefficient (Wildman–Crippen LogP) is 2.05. The summed E-state index contributed by atoms with van der Waals surface area (Å²) in [5.74, 6) is 1.40. The van der Waals surface area contributed by atoms with Crippen molar-refractivity contribution in [3.8, 4) is 0 Å². The lowest BCUT2D eigenvalue weighted by Gasteiger charge is -2.36. The summed E-state index contributed by atoms with van der Waals surface area (Å²) in [6.07, 6.45) is 1.36. The van der Waals surface area contributed by atoms with Crippen LogP contribution in [0.2, 0.25) is 5.15 Å². The Labute approximate surface area is 98.5 Å². The summed E-state index contributed by atoms with van der Waals surface area (Å²) < 4.78 is 13.6. The normalized spacial score (nSPS) is 27.0. The first kappa shape index (κ1) is 11.1. The van der Waals surface area contributed by atoms with Gasteiger partial charge in [0, 0.05) is 20.2 Å². The second-order valence-corrected chi connectivity index (χ2v) is 4.75. The molecule has 1 fully saturated rings. The minimum absolute atomic E-state index is 0.261. The van der Waals surface area contributed by atoms with Crippen LogP contribution in [0.25, 0.3) is 0 Å². The van der Waals surface area contributed by atoms with Crippen LogP contribution in [0.15, 0.2) is 0 Å². The number of piperidine rings is 1. The molecule has 4 nitrogen and oxygen atoms in total. The molecule has 0 radical (unpaired) electrons. The molecule has 1 aromatic heterocycles. The number of methoxy groups -OCH3 is 1. The molecule has 1 aliphatic rings. The summed E-state index contributed by atoms with van der Waals surface area (Å²) in [7, 11) is 1.76. The van der Waals surface area contributed by atoms with E-state index in [1.54, 1.807) is 7.11 Å². The highest BCUT2D eigenvalue weighted by atomic mass is 35.5. The van der Waals surface area contributed by atoms with E-state index in [0.29, 0.717) is 11.1 Å². The van der Waals surface area contributed by atoms with Crippen molar-refractivity contribution in [2.45, 2.75) is 19.4 Å². The second kappa shape index (κ2) is 4.63. The Hall–Kier alpha value is -0.390. The van der Waals surface area contributed by atoms with E-state index in [4.69, 9.17) is 16.3 Å². The van der Waals surface area contributed by atoms with E-state index >= 15 is 0 Å². The van der Waals surface area contributed by atoms with Crippen LogP contribution in [0.3, 0.4) is 0 Å². The van der Waals surface area contributed by atoms with Crippen molar-refractivity contribution in [1.82, 2.24) is 8.75 Å². The molecular formula is C9H14ClN3OS. The summed E-state index contributed by atoms with van der Waals surface area (Å²) in [5.41, 5.74) is 0. The smallest absolute Gasteiger partial charge is 0.187 e. The van der Waals surface area contributed by atoms with Gasteiger partial charge in [-0.1, -0.05) is 18.5 Å². The highest BCUT2D eigenvalue weighted by molar-refractivity contribution is 6.99. The van der Waals surface area contributed by atoms with E-state index in [0.717, 1.165) is 37.1 Å². The third kappa shape index (κ3) is 2.24. The molecule has 84 valence electrons. The number of nitrogens with zero attached hydrogens (tertiary/aromatic N) is 3. The minimum Gasteiger partial charge on any atom is -0.379 e. The second-order valence-electron chi connectivity index (χ2n) is 3.86. The lowest BCUT2D eigenvalue weighted by atomic mass is 9.96. The van der Waals surface area contributed by atoms with Gasteiger partial charge >= 0.3 is 0 Å². The Morgan fingerprint density at radius 2 is 2.33 bits per heavy atom. The first-order valence-electron chi connectivity index (χ1n) is 4.98. The molecule has 0 saturated carbocycles. The Kier molecular flexibility index (Phi) is 3.43. The Morgan fingerprint density at radius 1 is 1.53 bits per heavy atom. The van der Waals surface area contributed by atoms with Crippen molar-refractivity contribution in [2.24, 2.45) is 5.92 Å². The zero-order valence-corrected chi connectivity index (χ0v) is 10.4. The van der Waals surface area contributed by atoms with Crippen molar-refractivity contribution in [3.05, 3.63) is 5.15 Å². The fraction of sp³-hybridized carbons (Fsp3) is 0.778. The fourth-order valence-electron chi connectivity index (χ4n) is 1.89. The summed E-state index contributed by atoms with van der Waals surface area (Å²) >= 11 is 7.11. The lowest BCUT2D eigenvalue weighted by molar-refractivity contribution is 0.0497. The van der Waals surface area contributed by atoms with Crippen LogP contribution in [0.4, 0.5) is 5.82 Å². The molecule has 0 bridgehead atoms. The lowest BCUT2D eigenvalue weighted by Crippen LogP contribution is -2.44. The SMILES string of the molecule is COC1CN(c2nsnc2Cl)CCC1C. The van der Waals surface area contributed by atoms with E-state index in [-0.39, 0.29) is 6.10 Å². The molecule has 2 unspecified atom stereocenters. The first-order valence-corrected chi connectivity index (χ1v) is 6.09. The van der Waals surface area contributed by atoms with Crippen molar-refractivity contribution in [2.75, 3.05) is 25.1 Å². The molecule has 1 saturated heterocycles.